The number of hydrogen-bond acceptors (Lipinski definition) is 5. The summed E-state index contributed by atoms with van der Waals surface area (Å²) in [6.45, 7) is 4.01. The van der Waals surface area contributed by atoms with E-state index in [1.54, 1.807) is 12.1 Å². The summed E-state index contributed by atoms with van der Waals surface area (Å²) in [7, 11) is 0. The molecule has 1 fully saturated rings. The molecule has 1 aromatic carbocycles. The Morgan fingerprint density at radius 1 is 1.43 bits per heavy atom. The molecule has 1 aliphatic heterocycles. The summed E-state index contributed by atoms with van der Waals surface area (Å²) < 4.78 is 5.48. The van der Waals surface area contributed by atoms with Crippen molar-refractivity contribution in [3.8, 4) is 5.75 Å². The minimum Gasteiger partial charge on any atom is -0.491 e. The molecule has 0 saturated carbocycles. The van der Waals surface area contributed by atoms with Gasteiger partial charge in [-0.25, -0.2) is 0 Å². The smallest absolute Gasteiger partial charge is 0.269 e. The standard InChI is InChI=1S/C15H22N2O4/c1-12-4-2-3-9-16(12)10-14(18)11-21-15-7-5-13(6-8-15)17(19)20/h5-8,12,14,18H,2-4,9-11H2,1H3/t12-,14-/m0/s1. The van der Waals surface area contributed by atoms with Crippen LogP contribution in [-0.2, 0) is 0 Å². The fourth-order valence-corrected chi connectivity index (χ4v) is 2.61. The van der Waals surface area contributed by atoms with E-state index in [1.807, 2.05) is 0 Å². The number of benzene rings is 1. The molecule has 1 N–H and O–H groups in total. The Morgan fingerprint density at radius 3 is 2.76 bits per heavy atom. The summed E-state index contributed by atoms with van der Waals surface area (Å²) in [6, 6.07) is 6.40. The first-order valence-electron chi connectivity index (χ1n) is 7.35. The monoisotopic (exact) mass is 294 g/mol. The van der Waals surface area contributed by atoms with Crippen LogP contribution in [0.3, 0.4) is 0 Å². The topological polar surface area (TPSA) is 75.8 Å². The number of rotatable bonds is 6. The third-order valence-electron chi connectivity index (χ3n) is 3.88. The highest BCUT2D eigenvalue weighted by Crippen LogP contribution is 2.19. The lowest BCUT2D eigenvalue weighted by Gasteiger charge is -2.34. The quantitative estimate of drug-likeness (QED) is 0.643. The van der Waals surface area contributed by atoms with Crippen molar-refractivity contribution in [2.45, 2.75) is 38.3 Å². The molecule has 1 aliphatic rings. The largest absolute Gasteiger partial charge is 0.491 e. The van der Waals surface area contributed by atoms with E-state index in [2.05, 4.69) is 11.8 Å². The molecule has 0 spiro atoms. The van der Waals surface area contributed by atoms with Crippen molar-refractivity contribution in [2.24, 2.45) is 0 Å². The van der Waals surface area contributed by atoms with Gasteiger partial charge in [-0.1, -0.05) is 6.42 Å². The normalized spacial score (nSPS) is 21.0. The number of β-amino-alcohol motifs (C(OH)–C–C–N with tert-alkyl or cyclic N) is 1. The number of ether oxygens (including phenoxy) is 1. The zero-order chi connectivity index (χ0) is 15.2. The molecular weight excluding hydrogens is 272 g/mol. The highest BCUT2D eigenvalue weighted by molar-refractivity contribution is 5.35. The van der Waals surface area contributed by atoms with E-state index in [0.717, 1.165) is 6.54 Å². The van der Waals surface area contributed by atoms with Gasteiger partial charge in [-0.05, 0) is 38.4 Å². The van der Waals surface area contributed by atoms with E-state index >= 15 is 0 Å². The van der Waals surface area contributed by atoms with Gasteiger partial charge in [0.2, 0.25) is 0 Å². The number of hydrogen-bond donors (Lipinski definition) is 1. The Bertz CT molecular complexity index is 463. The van der Waals surface area contributed by atoms with Crippen molar-refractivity contribution < 1.29 is 14.8 Å². The van der Waals surface area contributed by atoms with Crippen LogP contribution >= 0.6 is 0 Å². The molecule has 0 bridgehead atoms. The van der Waals surface area contributed by atoms with Gasteiger partial charge in [0.15, 0.2) is 0 Å². The summed E-state index contributed by atoms with van der Waals surface area (Å²) in [5.41, 5.74) is 0.0324. The van der Waals surface area contributed by atoms with Crippen LogP contribution in [0.15, 0.2) is 24.3 Å². The van der Waals surface area contributed by atoms with E-state index in [0.29, 0.717) is 18.3 Å². The second-order valence-corrected chi connectivity index (χ2v) is 5.56. The number of piperidine rings is 1. The number of nitro groups is 1. The van der Waals surface area contributed by atoms with E-state index in [4.69, 9.17) is 4.74 Å². The molecular formula is C15H22N2O4. The highest BCUT2D eigenvalue weighted by Gasteiger charge is 2.21. The minimum absolute atomic E-state index is 0.0324. The van der Waals surface area contributed by atoms with Crippen LogP contribution in [0, 0.1) is 10.1 Å². The maximum Gasteiger partial charge on any atom is 0.269 e. The molecule has 1 saturated heterocycles. The highest BCUT2D eigenvalue weighted by atomic mass is 16.6. The molecule has 1 heterocycles. The predicted molar refractivity (Wildman–Crippen MR) is 79.5 cm³/mol. The van der Waals surface area contributed by atoms with Crippen LogP contribution in [0.25, 0.3) is 0 Å². The molecule has 116 valence electrons. The number of aliphatic hydroxyl groups is 1. The van der Waals surface area contributed by atoms with Crippen LogP contribution in [-0.4, -0.2) is 46.8 Å². The Balaban J connectivity index is 1.77. The molecule has 1 aromatic rings. The Kier molecular flexibility index (Phi) is 5.52. The van der Waals surface area contributed by atoms with Gasteiger partial charge in [0, 0.05) is 24.7 Å². The van der Waals surface area contributed by atoms with Gasteiger partial charge in [0.05, 0.1) is 4.92 Å². The second kappa shape index (κ2) is 7.38. The average molecular weight is 294 g/mol. The van der Waals surface area contributed by atoms with Crippen molar-refractivity contribution in [1.82, 2.24) is 4.90 Å². The van der Waals surface area contributed by atoms with Crippen molar-refractivity contribution in [3.05, 3.63) is 34.4 Å². The van der Waals surface area contributed by atoms with Crippen LogP contribution in [0.1, 0.15) is 26.2 Å². The maximum atomic E-state index is 10.5. The first-order chi connectivity index (χ1) is 10.1. The second-order valence-electron chi connectivity index (χ2n) is 5.56. The minimum atomic E-state index is -0.555. The van der Waals surface area contributed by atoms with Gasteiger partial charge in [0.1, 0.15) is 18.5 Å². The van der Waals surface area contributed by atoms with Crippen molar-refractivity contribution in [1.29, 1.82) is 0 Å². The zero-order valence-corrected chi connectivity index (χ0v) is 12.3. The molecule has 0 aliphatic carbocycles. The molecule has 0 aromatic heterocycles. The Morgan fingerprint density at radius 2 is 2.14 bits per heavy atom. The number of likely N-dealkylation sites (tertiary alicyclic amines) is 1. The van der Waals surface area contributed by atoms with Gasteiger partial charge in [-0.3, -0.25) is 15.0 Å². The lowest BCUT2D eigenvalue weighted by Crippen LogP contribution is -2.43. The fourth-order valence-electron chi connectivity index (χ4n) is 2.61. The number of non-ortho nitro benzene ring substituents is 1. The molecule has 0 radical (unpaired) electrons. The van der Waals surface area contributed by atoms with E-state index in [-0.39, 0.29) is 12.3 Å². The number of nitro benzene ring substituents is 1. The molecule has 6 heteroatoms. The first kappa shape index (κ1) is 15.7. The van der Waals surface area contributed by atoms with Gasteiger partial charge < -0.3 is 9.84 Å². The van der Waals surface area contributed by atoms with Crippen molar-refractivity contribution in [3.63, 3.8) is 0 Å². The first-order valence-corrected chi connectivity index (χ1v) is 7.35. The van der Waals surface area contributed by atoms with E-state index in [9.17, 15) is 15.2 Å². The molecule has 2 rings (SSSR count). The van der Waals surface area contributed by atoms with Crippen LogP contribution in [0.2, 0.25) is 0 Å². The third-order valence-corrected chi connectivity index (χ3v) is 3.88. The lowest BCUT2D eigenvalue weighted by molar-refractivity contribution is -0.384. The Hall–Kier alpha value is -1.66. The van der Waals surface area contributed by atoms with Gasteiger partial charge in [-0.2, -0.15) is 0 Å². The van der Waals surface area contributed by atoms with Crippen molar-refractivity contribution in [2.75, 3.05) is 19.7 Å². The predicted octanol–water partition coefficient (Wildman–Crippen LogP) is 2.21. The van der Waals surface area contributed by atoms with E-state index in [1.165, 1.54) is 31.4 Å². The summed E-state index contributed by atoms with van der Waals surface area (Å²) in [4.78, 5) is 12.4. The molecule has 2 atom stereocenters. The van der Waals surface area contributed by atoms with Gasteiger partial charge >= 0.3 is 0 Å². The van der Waals surface area contributed by atoms with Crippen LogP contribution < -0.4 is 4.74 Å². The number of aliphatic hydroxyl groups excluding tert-OH is 1. The van der Waals surface area contributed by atoms with Crippen molar-refractivity contribution >= 4 is 5.69 Å². The van der Waals surface area contributed by atoms with Gasteiger partial charge in [-0.15, -0.1) is 0 Å². The molecule has 0 unspecified atom stereocenters. The average Bonchev–Trinajstić information content (AvgIpc) is 2.48. The van der Waals surface area contributed by atoms with E-state index < -0.39 is 11.0 Å². The van der Waals surface area contributed by atoms with Gasteiger partial charge in [0.25, 0.3) is 5.69 Å². The zero-order valence-electron chi connectivity index (χ0n) is 12.3. The summed E-state index contributed by atoms with van der Waals surface area (Å²) in [5.74, 6) is 0.534. The Labute approximate surface area is 124 Å². The fraction of sp³-hybridized carbons (Fsp3) is 0.600. The molecule has 21 heavy (non-hydrogen) atoms. The summed E-state index contributed by atoms with van der Waals surface area (Å²) in [6.07, 6.45) is 3.06. The summed E-state index contributed by atoms with van der Waals surface area (Å²) in [5, 5.41) is 20.6. The van der Waals surface area contributed by atoms with Crippen LogP contribution in [0.4, 0.5) is 5.69 Å². The third kappa shape index (κ3) is 4.68. The summed E-state index contributed by atoms with van der Waals surface area (Å²) >= 11 is 0. The SMILES string of the molecule is C[C@H]1CCCCN1C[C@H](O)COc1ccc([N+](=O)[O-])cc1. The van der Waals surface area contributed by atoms with Crippen LogP contribution in [0.5, 0.6) is 5.75 Å². The molecule has 0 amide bonds. The number of nitrogens with zero attached hydrogens (tertiary/aromatic N) is 2. The maximum absolute atomic E-state index is 10.5. The lowest BCUT2D eigenvalue weighted by atomic mass is 10.0. The molecule has 6 nitrogen and oxygen atoms in total.